The predicted octanol–water partition coefficient (Wildman–Crippen LogP) is 4.10. The molecule has 29 heavy (non-hydrogen) atoms. The number of rotatable bonds is 3. The van der Waals surface area contributed by atoms with Crippen molar-refractivity contribution >= 4 is 10.9 Å². The normalized spacial score (nSPS) is 11.9. The number of aromatic nitrogens is 4. The third kappa shape index (κ3) is 3.51. The maximum absolute atomic E-state index is 13.2. The van der Waals surface area contributed by atoms with E-state index in [1.165, 1.54) is 52.0 Å². The zero-order valence-corrected chi connectivity index (χ0v) is 15.1. The van der Waals surface area contributed by atoms with Crippen LogP contribution in [0.2, 0.25) is 0 Å². The number of alkyl halides is 3. The number of hydrogen-bond donors (Lipinski definition) is 0. The predicted molar refractivity (Wildman–Crippen MR) is 98.4 cm³/mol. The molecule has 0 amide bonds. The second-order valence-corrected chi connectivity index (χ2v) is 6.54. The molecule has 2 aromatic heterocycles. The third-order valence-electron chi connectivity index (χ3n) is 4.55. The van der Waals surface area contributed by atoms with Crippen LogP contribution in [0.1, 0.15) is 16.8 Å². The first-order valence-electron chi connectivity index (χ1n) is 8.61. The fourth-order valence-corrected chi connectivity index (χ4v) is 3.08. The van der Waals surface area contributed by atoms with Gasteiger partial charge in [-0.25, -0.2) is 13.8 Å². The summed E-state index contributed by atoms with van der Waals surface area (Å²) in [7, 11) is 0. The van der Waals surface area contributed by atoms with Gasteiger partial charge in [-0.3, -0.25) is 4.79 Å². The smallest absolute Gasteiger partial charge is 0.265 e. The fraction of sp³-hybridized carbons (Fsp3) is 0.150. The van der Waals surface area contributed by atoms with Gasteiger partial charge in [-0.05, 0) is 48.9 Å². The molecule has 0 unspecified atom stereocenters. The highest BCUT2D eigenvalue weighted by molar-refractivity contribution is 5.81. The summed E-state index contributed by atoms with van der Waals surface area (Å²) in [5.41, 5.74) is 0.593. The second kappa shape index (κ2) is 6.84. The lowest BCUT2D eigenvalue weighted by molar-refractivity contribution is -0.137. The first kappa shape index (κ1) is 18.9. The van der Waals surface area contributed by atoms with Gasteiger partial charge in [0.05, 0.1) is 29.7 Å². The summed E-state index contributed by atoms with van der Waals surface area (Å²) in [4.78, 5) is 13.0. The largest absolute Gasteiger partial charge is 0.416 e. The van der Waals surface area contributed by atoms with Crippen LogP contribution in [0.5, 0.6) is 0 Å². The van der Waals surface area contributed by atoms with Crippen LogP contribution in [0, 0.1) is 12.7 Å². The third-order valence-corrected chi connectivity index (χ3v) is 4.55. The molecular weight excluding hydrogens is 388 g/mol. The van der Waals surface area contributed by atoms with Gasteiger partial charge in [-0.15, -0.1) is 0 Å². The molecule has 0 spiro atoms. The summed E-state index contributed by atoms with van der Waals surface area (Å²) >= 11 is 0. The SMILES string of the molecule is Cc1nn(Cc2ccc(C(F)(F)F)cc2)c(=O)c2c1cnn2-c1ccc(F)cc1. The van der Waals surface area contributed by atoms with Gasteiger partial charge in [-0.1, -0.05) is 12.1 Å². The molecule has 0 aliphatic heterocycles. The topological polar surface area (TPSA) is 52.7 Å². The Morgan fingerprint density at radius 3 is 2.28 bits per heavy atom. The van der Waals surface area contributed by atoms with E-state index in [-0.39, 0.29) is 12.1 Å². The van der Waals surface area contributed by atoms with Crippen LogP contribution in [0.25, 0.3) is 16.6 Å². The van der Waals surface area contributed by atoms with Gasteiger partial charge in [0.25, 0.3) is 5.56 Å². The Bertz CT molecular complexity index is 1240. The van der Waals surface area contributed by atoms with Gasteiger partial charge < -0.3 is 0 Å². The number of halogens is 4. The Morgan fingerprint density at radius 1 is 1.00 bits per heavy atom. The number of aryl methyl sites for hydroxylation is 1. The average molecular weight is 402 g/mol. The molecule has 0 saturated heterocycles. The molecule has 5 nitrogen and oxygen atoms in total. The van der Waals surface area contributed by atoms with E-state index in [0.717, 1.165) is 12.1 Å². The molecule has 0 atom stereocenters. The molecule has 0 radical (unpaired) electrons. The first-order valence-corrected chi connectivity index (χ1v) is 8.61. The van der Waals surface area contributed by atoms with Crippen molar-refractivity contribution in [1.82, 2.24) is 19.6 Å². The highest BCUT2D eigenvalue weighted by atomic mass is 19.4. The lowest BCUT2D eigenvalue weighted by atomic mass is 10.1. The summed E-state index contributed by atoms with van der Waals surface area (Å²) in [6, 6.07) is 10.1. The van der Waals surface area contributed by atoms with E-state index in [1.807, 2.05) is 0 Å². The molecule has 2 heterocycles. The number of benzene rings is 2. The lowest BCUT2D eigenvalue weighted by Crippen LogP contribution is -2.26. The highest BCUT2D eigenvalue weighted by Gasteiger charge is 2.30. The van der Waals surface area contributed by atoms with E-state index in [4.69, 9.17) is 0 Å². The molecule has 0 aliphatic carbocycles. The van der Waals surface area contributed by atoms with E-state index in [2.05, 4.69) is 10.2 Å². The monoisotopic (exact) mass is 402 g/mol. The number of hydrogen-bond acceptors (Lipinski definition) is 3. The maximum Gasteiger partial charge on any atom is 0.416 e. The van der Waals surface area contributed by atoms with Gasteiger partial charge in [0.1, 0.15) is 11.3 Å². The molecule has 0 fully saturated rings. The zero-order valence-electron chi connectivity index (χ0n) is 15.1. The van der Waals surface area contributed by atoms with Crippen LogP contribution in [0.15, 0.2) is 59.5 Å². The maximum atomic E-state index is 13.2. The van der Waals surface area contributed by atoms with Crippen LogP contribution < -0.4 is 5.56 Å². The molecule has 0 N–H and O–H groups in total. The van der Waals surface area contributed by atoms with Crippen molar-refractivity contribution in [3.05, 3.63) is 87.7 Å². The minimum atomic E-state index is -4.43. The summed E-state index contributed by atoms with van der Waals surface area (Å²) in [5.74, 6) is -0.414. The minimum Gasteiger partial charge on any atom is -0.265 e. The Balaban J connectivity index is 1.78. The summed E-state index contributed by atoms with van der Waals surface area (Å²) in [6.45, 7) is 1.71. The fourth-order valence-electron chi connectivity index (χ4n) is 3.08. The Labute approximate surface area is 161 Å². The minimum absolute atomic E-state index is 0.00233. The molecule has 4 rings (SSSR count). The molecule has 148 valence electrons. The standard InChI is InChI=1S/C20H14F4N4O/c1-12-17-10-25-28(16-8-6-15(21)7-9-16)18(17)19(29)27(26-12)11-13-2-4-14(5-3-13)20(22,23)24/h2-10H,11H2,1H3. The van der Waals surface area contributed by atoms with E-state index in [9.17, 15) is 22.4 Å². The molecule has 9 heteroatoms. The van der Waals surface area contributed by atoms with Crippen LogP contribution in [0.4, 0.5) is 17.6 Å². The van der Waals surface area contributed by atoms with Crippen molar-refractivity contribution in [1.29, 1.82) is 0 Å². The van der Waals surface area contributed by atoms with E-state index >= 15 is 0 Å². The van der Waals surface area contributed by atoms with E-state index in [0.29, 0.717) is 22.3 Å². The first-order chi connectivity index (χ1) is 13.7. The summed E-state index contributed by atoms with van der Waals surface area (Å²) in [6.07, 6.45) is -2.92. The molecule has 0 aliphatic rings. The van der Waals surface area contributed by atoms with Crippen molar-refractivity contribution in [2.75, 3.05) is 0 Å². The van der Waals surface area contributed by atoms with Crippen LogP contribution in [-0.4, -0.2) is 19.6 Å². The quantitative estimate of drug-likeness (QED) is 0.485. The highest BCUT2D eigenvalue weighted by Crippen LogP contribution is 2.29. The number of fused-ring (bicyclic) bond motifs is 1. The van der Waals surface area contributed by atoms with Crippen molar-refractivity contribution in [3.8, 4) is 5.69 Å². The van der Waals surface area contributed by atoms with Crippen LogP contribution in [0.3, 0.4) is 0 Å². The van der Waals surface area contributed by atoms with Crippen LogP contribution >= 0.6 is 0 Å². The molecular formula is C20H14F4N4O. The van der Waals surface area contributed by atoms with Crippen molar-refractivity contribution in [3.63, 3.8) is 0 Å². The van der Waals surface area contributed by atoms with Gasteiger partial charge >= 0.3 is 6.18 Å². The van der Waals surface area contributed by atoms with Gasteiger partial charge in [0.2, 0.25) is 0 Å². The summed E-state index contributed by atoms with van der Waals surface area (Å²) < 4.78 is 54.0. The molecule has 0 bridgehead atoms. The molecule has 4 aromatic rings. The average Bonchev–Trinajstić information content (AvgIpc) is 3.12. The van der Waals surface area contributed by atoms with Gasteiger partial charge in [0.15, 0.2) is 0 Å². The molecule has 0 saturated carbocycles. The zero-order chi connectivity index (χ0) is 20.8. The van der Waals surface area contributed by atoms with Gasteiger partial charge in [0, 0.05) is 5.39 Å². The Kier molecular flexibility index (Phi) is 4.45. The molecule has 2 aromatic carbocycles. The Hall–Kier alpha value is -3.49. The van der Waals surface area contributed by atoms with E-state index < -0.39 is 23.1 Å². The van der Waals surface area contributed by atoms with Crippen LogP contribution in [-0.2, 0) is 12.7 Å². The Morgan fingerprint density at radius 2 is 1.66 bits per heavy atom. The van der Waals surface area contributed by atoms with Crippen molar-refractivity contribution in [2.24, 2.45) is 0 Å². The summed E-state index contributed by atoms with van der Waals surface area (Å²) in [5, 5.41) is 9.02. The van der Waals surface area contributed by atoms with Crippen molar-refractivity contribution < 1.29 is 17.6 Å². The second-order valence-electron chi connectivity index (χ2n) is 6.54. The van der Waals surface area contributed by atoms with Crippen molar-refractivity contribution in [2.45, 2.75) is 19.6 Å². The van der Waals surface area contributed by atoms with E-state index in [1.54, 1.807) is 6.92 Å². The number of nitrogens with zero attached hydrogens (tertiary/aromatic N) is 4. The van der Waals surface area contributed by atoms with Gasteiger partial charge in [-0.2, -0.15) is 23.4 Å². The lowest BCUT2D eigenvalue weighted by Gasteiger charge is -2.10.